The number of rotatable bonds is 3. The minimum absolute atomic E-state index is 0.197. The Labute approximate surface area is 112 Å². The van der Waals surface area contributed by atoms with Gasteiger partial charge in [-0.2, -0.15) is 0 Å². The summed E-state index contributed by atoms with van der Waals surface area (Å²) in [5.74, 6) is -0.485. The number of nitrogens with one attached hydrogen (secondary N) is 1. The van der Waals surface area contributed by atoms with Crippen molar-refractivity contribution in [1.82, 2.24) is 0 Å². The smallest absolute Gasteiger partial charge is 0.262 e. The highest BCUT2D eigenvalue weighted by atomic mass is 32.2. The molecule has 0 amide bonds. The molecule has 0 radical (unpaired) electrons. The van der Waals surface area contributed by atoms with Crippen LogP contribution in [-0.2, 0) is 10.0 Å². The van der Waals surface area contributed by atoms with Crippen LogP contribution in [0.1, 0.15) is 11.1 Å². The van der Waals surface area contributed by atoms with Crippen LogP contribution in [0.3, 0.4) is 0 Å². The van der Waals surface area contributed by atoms with Gasteiger partial charge in [0.05, 0.1) is 10.6 Å². The van der Waals surface area contributed by atoms with Gasteiger partial charge in [-0.15, -0.1) is 0 Å². The molecule has 5 heteroatoms. The van der Waals surface area contributed by atoms with E-state index < -0.39 is 15.8 Å². The molecule has 0 aliphatic rings. The second kappa shape index (κ2) is 5.01. The van der Waals surface area contributed by atoms with Crippen LogP contribution in [0.2, 0.25) is 0 Å². The van der Waals surface area contributed by atoms with Crippen molar-refractivity contribution in [3.8, 4) is 0 Å². The topological polar surface area (TPSA) is 46.2 Å². The van der Waals surface area contributed by atoms with E-state index in [1.54, 1.807) is 25.1 Å². The predicted molar refractivity (Wildman–Crippen MR) is 73.1 cm³/mol. The maximum atomic E-state index is 13.0. The fourth-order valence-electron chi connectivity index (χ4n) is 1.86. The van der Waals surface area contributed by atoms with Crippen molar-refractivity contribution in [3.05, 3.63) is 59.4 Å². The zero-order chi connectivity index (χ0) is 14.0. The number of hydrogen-bond acceptors (Lipinski definition) is 2. The lowest BCUT2D eigenvalue weighted by Crippen LogP contribution is -2.14. The lowest BCUT2D eigenvalue weighted by atomic mass is 10.2. The molecule has 1 N–H and O–H groups in total. The largest absolute Gasteiger partial charge is 0.280 e. The Morgan fingerprint density at radius 1 is 1.05 bits per heavy atom. The molecule has 0 unspecified atom stereocenters. The molecule has 2 aromatic carbocycles. The van der Waals surface area contributed by atoms with E-state index in [1.807, 2.05) is 6.92 Å². The van der Waals surface area contributed by atoms with Gasteiger partial charge in [-0.05, 0) is 43.7 Å². The molecule has 2 aromatic rings. The number of anilines is 1. The summed E-state index contributed by atoms with van der Waals surface area (Å²) in [6.07, 6.45) is 0. The van der Waals surface area contributed by atoms with Crippen molar-refractivity contribution in [2.45, 2.75) is 18.7 Å². The van der Waals surface area contributed by atoms with Gasteiger partial charge in [0.25, 0.3) is 10.0 Å². The molecule has 2 rings (SSSR count). The molecule has 0 bridgehead atoms. The highest BCUT2D eigenvalue weighted by Crippen LogP contribution is 2.20. The molecule has 3 nitrogen and oxygen atoms in total. The van der Waals surface area contributed by atoms with Crippen LogP contribution < -0.4 is 4.72 Å². The molecule has 0 spiro atoms. The zero-order valence-electron chi connectivity index (χ0n) is 10.6. The Kier molecular flexibility index (Phi) is 3.57. The van der Waals surface area contributed by atoms with Crippen molar-refractivity contribution in [1.29, 1.82) is 0 Å². The quantitative estimate of drug-likeness (QED) is 0.937. The molecular weight excluding hydrogens is 265 g/mol. The summed E-state index contributed by atoms with van der Waals surface area (Å²) in [7, 11) is -3.69. The molecule has 0 saturated heterocycles. The van der Waals surface area contributed by atoms with Gasteiger partial charge in [0.15, 0.2) is 0 Å². The average Bonchev–Trinajstić information content (AvgIpc) is 2.27. The van der Waals surface area contributed by atoms with Crippen molar-refractivity contribution in [3.63, 3.8) is 0 Å². The Balaban J connectivity index is 2.38. The molecule has 0 aromatic heterocycles. The first-order valence-electron chi connectivity index (χ1n) is 5.74. The molecule has 0 aliphatic carbocycles. The monoisotopic (exact) mass is 279 g/mol. The standard InChI is InChI=1S/C14H14FNO2S/c1-10-6-7-14(11(2)8-10)19(17,18)16-13-5-3-4-12(15)9-13/h3-9,16H,1-2H3. The van der Waals surface area contributed by atoms with Crippen LogP contribution in [0.4, 0.5) is 10.1 Å². The zero-order valence-corrected chi connectivity index (χ0v) is 11.5. The first-order chi connectivity index (χ1) is 8.88. The minimum atomic E-state index is -3.69. The van der Waals surface area contributed by atoms with E-state index in [0.717, 1.165) is 11.6 Å². The van der Waals surface area contributed by atoms with Crippen molar-refractivity contribution >= 4 is 15.7 Å². The normalized spacial score (nSPS) is 11.3. The van der Waals surface area contributed by atoms with Gasteiger partial charge in [0, 0.05) is 0 Å². The van der Waals surface area contributed by atoms with E-state index in [4.69, 9.17) is 0 Å². The summed E-state index contributed by atoms with van der Waals surface area (Å²) in [6, 6.07) is 10.4. The summed E-state index contributed by atoms with van der Waals surface area (Å²) in [5.41, 5.74) is 1.85. The van der Waals surface area contributed by atoms with E-state index in [1.165, 1.54) is 18.2 Å². The third kappa shape index (κ3) is 3.12. The van der Waals surface area contributed by atoms with Crippen molar-refractivity contribution < 1.29 is 12.8 Å². The van der Waals surface area contributed by atoms with E-state index in [0.29, 0.717) is 5.56 Å². The fraction of sp³-hybridized carbons (Fsp3) is 0.143. The fourth-order valence-corrected chi connectivity index (χ4v) is 3.14. The predicted octanol–water partition coefficient (Wildman–Crippen LogP) is 3.24. The second-order valence-corrected chi connectivity index (χ2v) is 6.04. The number of sulfonamides is 1. The lowest BCUT2D eigenvalue weighted by molar-refractivity contribution is 0.600. The number of aryl methyl sites for hydroxylation is 2. The molecule has 0 aliphatic heterocycles. The van der Waals surface area contributed by atoms with E-state index in [2.05, 4.69) is 4.72 Å². The summed E-state index contributed by atoms with van der Waals surface area (Å²) < 4.78 is 39.8. The van der Waals surface area contributed by atoms with Crippen LogP contribution in [0, 0.1) is 19.7 Å². The lowest BCUT2D eigenvalue weighted by Gasteiger charge is -2.10. The molecule has 0 fully saturated rings. The Morgan fingerprint density at radius 2 is 1.79 bits per heavy atom. The SMILES string of the molecule is Cc1ccc(S(=O)(=O)Nc2cccc(F)c2)c(C)c1. The first kappa shape index (κ1) is 13.5. The van der Waals surface area contributed by atoms with Gasteiger partial charge >= 0.3 is 0 Å². The maximum absolute atomic E-state index is 13.0. The van der Waals surface area contributed by atoms with Gasteiger partial charge < -0.3 is 0 Å². The summed E-state index contributed by atoms with van der Waals surface area (Å²) in [5, 5.41) is 0. The summed E-state index contributed by atoms with van der Waals surface area (Å²) >= 11 is 0. The number of hydrogen-bond donors (Lipinski definition) is 1. The molecule has 0 heterocycles. The molecule has 100 valence electrons. The van der Waals surface area contributed by atoms with Crippen LogP contribution in [0.5, 0.6) is 0 Å². The van der Waals surface area contributed by atoms with Crippen LogP contribution in [-0.4, -0.2) is 8.42 Å². The third-order valence-electron chi connectivity index (χ3n) is 2.70. The first-order valence-corrected chi connectivity index (χ1v) is 7.22. The van der Waals surface area contributed by atoms with E-state index >= 15 is 0 Å². The maximum Gasteiger partial charge on any atom is 0.262 e. The van der Waals surface area contributed by atoms with Crippen LogP contribution >= 0.6 is 0 Å². The van der Waals surface area contributed by atoms with Crippen LogP contribution in [0.25, 0.3) is 0 Å². The van der Waals surface area contributed by atoms with E-state index in [9.17, 15) is 12.8 Å². The Hall–Kier alpha value is -1.88. The molecule has 19 heavy (non-hydrogen) atoms. The van der Waals surface area contributed by atoms with E-state index in [-0.39, 0.29) is 10.6 Å². The Bertz CT molecular complexity index is 711. The number of halogens is 1. The molecule has 0 atom stereocenters. The van der Waals surface area contributed by atoms with Gasteiger partial charge in [0.1, 0.15) is 5.82 Å². The van der Waals surface area contributed by atoms with Gasteiger partial charge in [-0.25, -0.2) is 12.8 Å². The van der Waals surface area contributed by atoms with Crippen molar-refractivity contribution in [2.24, 2.45) is 0 Å². The van der Waals surface area contributed by atoms with Gasteiger partial charge in [0.2, 0.25) is 0 Å². The van der Waals surface area contributed by atoms with Crippen molar-refractivity contribution in [2.75, 3.05) is 4.72 Å². The Morgan fingerprint density at radius 3 is 2.42 bits per heavy atom. The minimum Gasteiger partial charge on any atom is -0.280 e. The highest BCUT2D eigenvalue weighted by Gasteiger charge is 2.16. The van der Waals surface area contributed by atoms with Gasteiger partial charge in [-0.1, -0.05) is 23.8 Å². The molecule has 0 saturated carbocycles. The number of benzene rings is 2. The van der Waals surface area contributed by atoms with Gasteiger partial charge in [-0.3, -0.25) is 4.72 Å². The molecular formula is C14H14FNO2S. The third-order valence-corrected chi connectivity index (χ3v) is 4.24. The van der Waals surface area contributed by atoms with Crippen LogP contribution in [0.15, 0.2) is 47.4 Å². The summed E-state index contributed by atoms with van der Waals surface area (Å²) in [6.45, 7) is 3.62. The summed E-state index contributed by atoms with van der Waals surface area (Å²) in [4.78, 5) is 0.197. The second-order valence-electron chi connectivity index (χ2n) is 4.38. The average molecular weight is 279 g/mol. The highest BCUT2D eigenvalue weighted by molar-refractivity contribution is 7.92.